The van der Waals surface area contributed by atoms with E-state index in [0.29, 0.717) is 6.61 Å². The van der Waals surface area contributed by atoms with Gasteiger partial charge in [-0.2, -0.15) is 8.78 Å². The Balaban J connectivity index is 1.45. The van der Waals surface area contributed by atoms with Gasteiger partial charge in [-0.25, -0.2) is 14.2 Å². The number of alkyl halides is 2. The van der Waals surface area contributed by atoms with Gasteiger partial charge in [-0.1, -0.05) is 12.1 Å². The van der Waals surface area contributed by atoms with Gasteiger partial charge in [-0.15, -0.1) is 0 Å². The Morgan fingerprint density at radius 2 is 1.97 bits per heavy atom. The molecule has 0 aliphatic carbocycles. The number of amides is 1. The minimum atomic E-state index is -3.22. The third-order valence-corrected chi connectivity index (χ3v) is 6.46. The van der Waals surface area contributed by atoms with Crippen LogP contribution in [-0.2, 0) is 32.6 Å². The average Bonchev–Trinajstić information content (AvgIpc) is 2.86. The van der Waals surface area contributed by atoms with E-state index in [4.69, 9.17) is 4.74 Å². The Morgan fingerprint density at radius 1 is 1.18 bits per heavy atom. The molecule has 0 spiro atoms. The lowest BCUT2D eigenvalue weighted by Crippen LogP contribution is -2.49. The number of pyridine rings is 1. The Hall–Kier alpha value is -3.34. The molecule has 0 bridgehead atoms. The van der Waals surface area contributed by atoms with Gasteiger partial charge in [0.1, 0.15) is 23.4 Å². The molecule has 1 aromatic carbocycles. The number of benzene rings is 1. The van der Waals surface area contributed by atoms with Crippen molar-refractivity contribution in [1.29, 1.82) is 0 Å². The van der Waals surface area contributed by atoms with Crippen LogP contribution < -0.4 is 15.4 Å². The SMILES string of the molecule is CC(C)(C(=O)N[C@@H](CCOCCCCc1ccc2c(n1)NCCC2)C(=O)O)c1c(F)cccc1OC(F)F. The van der Waals surface area contributed by atoms with Crippen LogP contribution in [0.3, 0.4) is 0 Å². The van der Waals surface area contributed by atoms with Crippen molar-refractivity contribution >= 4 is 17.7 Å². The van der Waals surface area contributed by atoms with Crippen LogP contribution >= 0.6 is 0 Å². The lowest BCUT2D eigenvalue weighted by Gasteiger charge is -2.28. The van der Waals surface area contributed by atoms with Gasteiger partial charge in [-0.05, 0) is 69.7 Å². The Labute approximate surface area is 219 Å². The van der Waals surface area contributed by atoms with Crippen LogP contribution in [0.1, 0.15) is 56.4 Å². The second-order valence-electron chi connectivity index (χ2n) is 9.68. The number of hydrogen-bond donors (Lipinski definition) is 3. The zero-order valence-corrected chi connectivity index (χ0v) is 21.6. The van der Waals surface area contributed by atoms with E-state index in [1.165, 1.54) is 25.5 Å². The third-order valence-electron chi connectivity index (χ3n) is 6.46. The minimum absolute atomic E-state index is 0.0210. The number of carbonyl (C=O) groups excluding carboxylic acids is 1. The summed E-state index contributed by atoms with van der Waals surface area (Å²) in [6.07, 6.45) is 4.53. The molecule has 2 heterocycles. The maximum atomic E-state index is 14.5. The van der Waals surface area contributed by atoms with E-state index >= 15 is 0 Å². The molecule has 0 saturated carbocycles. The van der Waals surface area contributed by atoms with E-state index in [9.17, 15) is 27.9 Å². The lowest BCUT2D eigenvalue weighted by molar-refractivity contribution is -0.143. The summed E-state index contributed by atoms with van der Waals surface area (Å²) in [6.45, 7) is 0.828. The highest BCUT2D eigenvalue weighted by atomic mass is 19.3. The molecule has 38 heavy (non-hydrogen) atoms. The molecule has 1 amide bonds. The fourth-order valence-electron chi connectivity index (χ4n) is 4.34. The zero-order valence-electron chi connectivity index (χ0n) is 21.6. The van der Waals surface area contributed by atoms with Crippen molar-refractivity contribution in [2.45, 2.75) is 70.4 Å². The molecule has 208 valence electrons. The van der Waals surface area contributed by atoms with Crippen LogP contribution in [0.25, 0.3) is 0 Å². The van der Waals surface area contributed by atoms with Crippen LogP contribution in [0.5, 0.6) is 5.75 Å². The number of nitrogens with one attached hydrogen (secondary N) is 2. The van der Waals surface area contributed by atoms with E-state index in [1.807, 2.05) is 6.07 Å². The van der Waals surface area contributed by atoms with Crippen molar-refractivity contribution in [2.75, 3.05) is 25.1 Å². The van der Waals surface area contributed by atoms with E-state index in [-0.39, 0.29) is 18.6 Å². The van der Waals surface area contributed by atoms with Crippen molar-refractivity contribution in [3.05, 3.63) is 53.0 Å². The van der Waals surface area contributed by atoms with Crippen molar-refractivity contribution in [1.82, 2.24) is 10.3 Å². The molecule has 3 N–H and O–H groups in total. The summed E-state index contributed by atoms with van der Waals surface area (Å²) in [5, 5.41) is 15.2. The number of carboxylic acids is 1. The number of halogens is 3. The Kier molecular flexibility index (Phi) is 10.3. The third kappa shape index (κ3) is 7.83. The number of nitrogens with zero attached hydrogens (tertiary/aromatic N) is 1. The van der Waals surface area contributed by atoms with Gasteiger partial charge in [0.25, 0.3) is 0 Å². The van der Waals surface area contributed by atoms with Gasteiger partial charge in [0.2, 0.25) is 5.91 Å². The lowest BCUT2D eigenvalue weighted by atomic mass is 9.82. The largest absolute Gasteiger partial charge is 0.480 e. The summed E-state index contributed by atoms with van der Waals surface area (Å²) in [7, 11) is 0. The number of fused-ring (bicyclic) bond motifs is 1. The van der Waals surface area contributed by atoms with E-state index < -0.39 is 41.5 Å². The maximum absolute atomic E-state index is 14.5. The standard InChI is InChI=1S/C27H34F3N3O5/c1-27(2,22-19(28)9-5-10-21(22)38-26(29)30)25(36)33-20(24(34)35)13-16-37-15-4-3-8-18-12-11-17-7-6-14-31-23(17)32-18/h5,9-12,20,26H,3-4,6-8,13-16H2,1-2H3,(H,31,32)(H,33,36)(H,34,35)/t20-/m0/s1. The summed E-state index contributed by atoms with van der Waals surface area (Å²) >= 11 is 0. The molecular weight excluding hydrogens is 503 g/mol. The zero-order chi connectivity index (χ0) is 27.7. The second kappa shape index (κ2) is 13.5. The molecule has 11 heteroatoms. The van der Waals surface area contributed by atoms with E-state index in [0.717, 1.165) is 62.3 Å². The second-order valence-corrected chi connectivity index (χ2v) is 9.68. The van der Waals surface area contributed by atoms with Crippen molar-refractivity contribution in [3.63, 3.8) is 0 Å². The van der Waals surface area contributed by atoms with Gasteiger partial charge in [0.05, 0.1) is 5.41 Å². The molecule has 1 aliphatic heterocycles. The van der Waals surface area contributed by atoms with Crippen LogP contribution in [0, 0.1) is 5.82 Å². The van der Waals surface area contributed by atoms with Gasteiger partial charge < -0.3 is 25.2 Å². The first-order chi connectivity index (χ1) is 18.1. The number of ether oxygens (including phenoxy) is 2. The van der Waals surface area contributed by atoms with Crippen LogP contribution in [-0.4, -0.2) is 54.4 Å². The van der Waals surface area contributed by atoms with E-state index in [2.05, 4.69) is 26.4 Å². The number of carboxylic acid groups (broad SMARTS) is 1. The summed E-state index contributed by atoms with van der Waals surface area (Å²) in [5.74, 6) is -2.58. The summed E-state index contributed by atoms with van der Waals surface area (Å²) in [4.78, 5) is 29.3. The average molecular weight is 538 g/mol. The first kappa shape index (κ1) is 29.2. The van der Waals surface area contributed by atoms with Crippen LogP contribution in [0.4, 0.5) is 19.0 Å². The molecule has 1 aliphatic rings. The monoisotopic (exact) mass is 537 g/mol. The molecule has 0 saturated heterocycles. The number of carbonyl (C=O) groups is 2. The Morgan fingerprint density at radius 3 is 2.71 bits per heavy atom. The van der Waals surface area contributed by atoms with Gasteiger partial charge in [-0.3, -0.25) is 4.79 Å². The number of aliphatic carboxylic acids is 1. The molecular formula is C27H34F3N3O5. The molecule has 0 unspecified atom stereocenters. The van der Waals surface area contributed by atoms with Gasteiger partial charge in [0.15, 0.2) is 0 Å². The number of aryl methyl sites for hydroxylation is 2. The molecule has 1 atom stereocenters. The highest BCUT2D eigenvalue weighted by Crippen LogP contribution is 2.35. The normalized spacial score (nSPS) is 13.9. The molecule has 8 nitrogen and oxygen atoms in total. The highest BCUT2D eigenvalue weighted by molar-refractivity contribution is 5.91. The van der Waals surface area contributed by atoms with Gasteiger partial charge >= 0.3 is 12.6 Å². The van der Waals surface area contributed by atoms with Crippen LogP contribution in [0.2, 0.25) is 0 Å². The molecule has 3 rings (SSSR count). The summed E-state index contributed by atoms with van der Waals surface area (Å²) in [5.41, 5.74) is 0.168. The smallest absolute Gasteiger partial charge is 0.387 e. The predicted octanol–water partition coefficient (Wildman–Crippen LogP) is 4.46. The van der Waals surface area contributed by atoms with Crippen molar-refractivity contribution in [3.8, 4) is 5.75 Å². The number of aromatic nitrogens is 1. The Bertz CT molecular complexity index is 1110. The van der Waals surface area contributed by atoms with E-state index in [1.54, 1.807) is 0 Å². The summed E-state index contributed by atoms with van der Waals surface area (Å²) in [6, 6.07) is 6.17. The van der Waals surface area contributed by atoms with Crippen LogP contribution in [0.15, 0.2) is 30.3 Å². The molecule has 0 fully saturated rings. The topological polar surface area (TPSA) is 110 Å². The fraction of sp³-hybridized carbons (Fsp3) is 0.519. The maximum Gasteiger partial charge on any atom is 0.387 e. The quantitative estimate of drug-likeness (QED) is 0.305. The molecule has 2 aromatic rings. The predicted molar refractivity (Wildman–Crippen MR) is 135 cm³/mol. The van der Waals surface area contributed by atoms with Crippen molar-refractivity contribution < 1.29 is 37.3 Å². The highest BCUT2D eigenvalue weighted by Gasteiger charge is 2.38. The number of anilines is 1. The van der Waals surface area contributed by atoms with Gasteiger partial charge in [0, 0.05) is 37.4 Å². The molecule has 0 radical (unpaired) electrons. The number of hydrogen-bond acceptors (Lipinski definition) is 6. The number of unbranched alkanes of at least 4 members (excludes halogenated alkanes) is 1. The fourth-order valence-corrected chi connectivity index (χ4v) is 4.34. The first-order valence-electron chi connectivity index (χ1n) is 12.7. The minimum Gasteiger partial charge on any atom is -0.480 e. The first-order valence-corrected chi connectivity index (χ1v) is 12.7. The summed E-state index contributed by atoms with van der Waals surface area (Å²) < 4.78 is 50.1. The molecule has 1 aromatic heterocycles. The van der Waals surface area contributed by atoms with Crippen molar-refractivity contribution in [2.24, 2.45) is 0 Å². The number of rotatable bonds is 14.